The van der Waals surface area contributed by atoms with Gasteiger partial charge in [0.05, 0.1) is 6.54 Å². The minimum Gasteiger partial charge on any atom is -0.310 e. The van der Waals surface area contributed by atoms with E-state index in [4.69, 9.17) is 6.42 Å². The zero-order valence-corrected chi connectivity index (χ0v) is 8.77. The van der Waals surface area contributed by atoms with Crippen LogP contribution in [0.4, 0.5) is 0 Å². The highest BCUT2D eigenvalue weighted by molar-refractivity contribution is 4.94. The van der Waals surface area contributed by atoms with Gasteiger partial charge in [-0.25, -0.2) is 0 Å². The van der Waals surface area contributed by atoms with E-state index in [-0.39, 0.29) is 5.54 Å². The summed E-state index contributed by atoms with van der Waals surface area (Å²) < 4.78 is 0. The molecule has 1 unspecified atom stereocenters. The van der Waals surface area contributed by atoms with Gasteiger partial charge >= 0.3 is 0 Å². The molecule has 74 valence electrons. The normalized spacial score (nSPS) is 30.8. The zero-order valence-electron chi connectivity index (χ0n) is 8.77. The molecule has 0 saturated carbocycles. The van der Waals surface area contributed by atoms with Crippen molar-refractivity contribution in [3.8, 4) is 12.3 Å². The number of hydrogen-bond donors (Lipinski definition) is 1. The average Bonchev–Trinajstić information content (AvgIpc) is 2.29. The number of nitrogens with one attached hydrogen (secondary N) is 1. The third-order valence-corrected chi connectivity index (χ3v) is 2.87. The molecular formula is C11H20N2. The number of rotatable bonds is 2. The number of nitrogens with zero attached hydrogens (tertiary/aromatic N) is 1. The SMILES string of the molecule is C#CCN1CCCNC(C)(CC)C1. The predicted octanol–water partition coefficient (Wildman–Crippen LogP) is 1.08. The molecule has 0 aromatic heterocycles. The van der Waals surface area contributed by atoms with Crippen LogP contribution in [0, 0.1) is 12.3 Å². The van der Waals surface area contributed by atoms with Crippen LogP contribution in [-0.2, 0) is 0 Å². The van der Waals surface area contributed by atoms with Crippen LogP contribution in [0.5, 0.6) is 0 Å². The summed E-state index contributed by atoms with van der Waals surface area (Å²) in [6.45, 7) is 8.62. The smallest absolute Gasteiger partial charge is 0.0599 e. The van der Waals surface area contributed by atoms with Crippen molar-refractivity contribution in [1.82, 2.24) is 10.2 Å². The maximum absolute atomic E-state index is 5.33. The molecule has 2 nitrogen and oxygen atoms in total. The monoisotopic (exact) mass is 180 g/mol. The lowest BCUT2D eigenvalue weighted by molar-refractivity contribution is 0.235. The summed E-state index contributed by atoms with van der Waals surface area (Å²) >= 11 is 0. The average molecular weight is 180 g/mol. The Morgan fingerprint density at radius 3 is 3.00 bits per heavy atom. The molecule has 0 aliphatic carbocycles. The molecule has 1 heterocycles. The van der Waals surface area contributed by atoms with Gasteiger partial charge in [0.15, 0.2) is 0 Å². The van der Waals surface area contributed by atoms with E-state index in [1.807, 2.05) is 0 Å². The Morgan fingerprint density at radius 1 is 1.62 bits per heavy atom. The summed E-state index contributed by atoms with van der Waals surface area (Å²) in [6.07, 6.45) is 7.69. The Hall–Kier alpha value is -0.520. The van der Waals surface area contributed by atoms with E-state index in [9.17, 15) is 0 Å². The second kappa shape index (κ2) is 4.64. The molecule has 0 bridgehead atoms. The third-order valence-electron chi connectivity index (χ3n) is 2.87. The molecule has 1 aliphatic heterocycles. The van der Waals surface area contributed by atoms with Crippen molar-refractivity contribution < 1.29 is 0 Å². The van der Waals surface area contributed by atoms with Crippen LogP contribution in [-0.4, -0.2) is 36.6 Å². The van der Waals surface area contributed by atoms with Gasteiger partial charge in [-0.2, -0.15) is 0 Å². The number of hydrogen-bond acceptors (Lipinski definition) is 2. The van der Waals surface area contributed by atoms with E-state index >= 15 is 0 Å². The predicted molar refractivity (Wildman–Crippen MR) is 56.6 cm³/mol. The molecule has 1 saturated heterocycles. The van der Waals surface area contributed by atoms with Gasteiger partial charge in [0.2, 0.25) is 0 Å². The standard InChI is InChI=1S/C11H20N2/c1-4-8-13-9-6-7-12-11(3,5-2)10-13/h1,12H,5-10H2,2-3H3. The molecule has 0 amide bonds. The van der Waals surface area contributed by atoms with E-state index < -0.39 is 0 Å². The molecule has 1 fully saturated rings. The van der Waals surface area contributed by atoms with E-state index in [1.54, 1.807) is 0 Å². The van der Waals surface area contributed by atoms with Crippen molar-refractivity contribution in [2.75, 3.05) is 26.2 Å². The van der Waals surface area contributed by atoms with Crippen LogP contribution < -0.4 is 5.32 Å². The highest BCUT2D eigenvalue weighted by Crippen LogP contribution is 2.14. The van der Waals surface area contributed by atoms with Gasteiger partial charge in [-0.3, -0.25) is 4.90 Å². The Kier molecular flexibility index (Phi) is 3.77. The van der Waals surface area contributed by atoms with Crippen LogP contribution in [0.1, 0.15) is 26.7 Å². The largest absolute Gasteiger partial charge is 0.310 e. The fourth-order valence-corrected chi connectivity index (χ4v) is 1.82. The highest BCUT2D eigenvalue weighted by atomic mass is 15.2. The first-order chi connectivity index (χ1) is 6.20. The zero-order chi connectivity index (χ0) is 9.73. The Balaban J connectivity index is 2.55. The van der Waals surface area contributed by atoms with Crippen molar-refractivity contribution in [1.29, 1.82) is 0 Å². The van der Waals surface area contributed by atoms with Crippen molar-refractivity contribution >= 4 is 0 Å². The first-order valence-corrected chi connectivity index (χ1v) is 5.11. The highest BCUT2D eigenvalue weighted by Gasteiger charge is 2.26. The first-order valence-electron chi connectivity index (χ1n) is 5.11. The second-order valence-corrected chi connectivity index (χ2v) is 4.11. The molecule has 1 aliphatic rings. The molecular weight excluding hydrogens is 160 g/mol. The van der Waals surface area contributed by atoms with Gasteiger partial charge < -0.3 is 5.32 Å². The van der Waals surface area contributed by atoms with Crippen LogP contribution >= 0.6 is 0 Å². The van der Waals surface area contributed by atoms with E-state index in [2.05, 4.69) is 30.0 Å². The van der Waals surface area contributed by atoms with E-state index in [0.717, 1.165) is 32.6 Å². The summed E-state index contributed by atoms with van der Waals surface area (Å²) in [5, 5.41) is 3.59. The Labute approximate surface area is 81.7 Å². The summed E-state index contributed by atoms with van der Waals surface area (Å²) in [5.41, 5.74) is 0.257. The first kappa shape index (κ1) is 10.6. The van der Waals surface area contributed by atoms with Crippen LogP contribution in [0.2, 0.25) is 0 Å². The summed E-state index contributed by atoms with van der Waals surface area (Å²) in [4.78, 5) is 2.36. The van der Waals surface area contributed by atoms with Crippen molar-refractivity contribution in [2.45, 2.75) is 32.2 Å². The maximum atomic E-state index is 5.33. The van der Waals surface area contributed by atoms with Crippen LogP contribution in [0.25, 0.3) is 0 Å². The molecule has 0 radical (unpaired) electrons. The summed E-state index contributed by atoms with van der Waals surface area (Å²) in [6, 6.07) is 0. The number of terminal acetylenes is 1. The third kappa shape index (κ3) is 3.02. The Bertz CT molecular complexity index is 195. The molecule has 13 heavy (non-hydrogen) atoms. The van der Waals surface area contributed by atoms with Crippen molar-refractivity contribution in [3.63, 3.8) is 0 Å². The minimum atomic E-state index is 0.257. The molecule has 0 spiro atoms. The molecule has 1 atom stereocenters. The quantitative estimate of drug-likeness (QED) is 0.640. The van der Waals surface area contributed by atoms with Gasteiger partial charge in [0.1, 0.15) is 0 Å². The summed E-state index contributed by atoms with van der Waals surface area (Å²) in [5.74, 6) is 2.73. The fourth-order valence-electron chi connectivity index (χ4n) is 1.82. The van der Waals surface area contributed by atoms with Gasteiger partial charge in [0, 0.05) is 18.6 Å². The topological polar surface area (TPSA) is 15.3 Å². The van der Waals surface area contributed by atoms with E-state index in [0.29, 0.717) is 0 Å². The summed E-state index contributed by atoms with van der Waals surface area (Å²) in [7, 11) is 0. The molecule has 0 aromatic rings. The molecule has 1 rings (SSSR count). The van der Waals surface area contributed by atoms with Gasteiger partial charge in [-0.1, -0.05) is 12.8 Å². The van der Waals surface area contributed by atoms with Gasteiger partial charge in [0.25, 0.3) is 0 Å². The van der Waals surface area contributed by atoms with Crippen LogP contribution in [0.15, 0.2) is 0 Å². The molecule has 0 aromatic carbocycles. The van der Waals surface area contributed by atoms with Gasteiger partial charge in [-0.05, 0) is 26.3 Å². The lowest BCUT2D eigenvalue weighted by Gasteiger charge is -2.31. The molecule has 2 heteroatoms. The maximum Gasteiger partial charge on any atom is 0.0599 e. The Morgan fingerprint density at radius 2 is 2.38 bits per heavy atom. The lowest BCUT2D eigenvalue weighted by Crippen LogP contribution is -2.48. The van der Waals surface area contributed by atoms with Crippen molar-refractivity contribution in [3.05, 3.63) is 0 Å². The minimum absolute atomic E-state index is 0.257. The second-order valence-electron chi connectivity index (χ2n) is 4.11. The lowest BCUT2D eigenvalue weighted by atomic mass is 9.99. The van der Waals surface area contributed by atoms with Gasteiger partial charge in [-0.15, -0.1) is 6.42 Å². The molecule has 1 N–H and O–H groups in total. The van der Waals surface area contributed by atoms with Crippen molar-refractivity contribution in [2.24, 2.45) is 0 Å². The van der Waals surface area contributed by atoms with E-state index in [1.165, 1.54) is 6.42 Å². The fraction of sp³-hybridized carbons (Fsp3) is 0.818. The van der Waals surface area contributed by atoms with Crippen LogP contribution in [0.3, 0.4) is 0 Å².